The van der Waals surface area contributed by atoms with Crippen LogP contribution in [0, 0.1) is 5.82 Å². The van der Waals surface area contributed by atoms with Gasteiger partial charge in [-0.2, -0.15) is 0 Å². The first-order chi connectivity index (χ1) is 7.90. The number of hydrogen-bond donors (Lipinski definition) is 2. The number of benzene rings is 1. The fraction of sp³-hybridized carbons (Fsp3) is 0.273. The Kier molecular flexibility index (Phi) is 4.03. The average molecular weight is 239 g/mol. The van der Waals surface area contributed by atoms with Gasteiger partial charge in [-0.05, 0) is 18.2 Å². The zero-order valence-electron chi connectivity index (χ0n) is 9.66. The molecule has 0 bridgehead atoms. The lowest BCUT2D eigenvalue weighted by Gasteiger charge is -2.11. The molecule has 0 unspecified atom stereocenters. The van der Waals surface area contributed by atoms with Crippen molar-refractivity contribution < 1.29 is 14.0 Å². The second-order valence-electron chi connectivity index (χ2n) is 3.74. The third-order valence-corrected chi connectivity index (χ3v) is 2.08. The van der Waals surface area contributed by atoms with Crippen molar-refractivity contribution in [3.05, 3.63) is 29.6 Å². The molecule has 0 spiro atoms. The molecule has 0 radical (unpaired) electrons. The van der Waals surface area contributed by atoms with Crippen LogP contribution >= 0.6 is 0 Å². The number of nitrogens with one attached hydrogen (secondary N) is 1. The molecule has 0 aliphatic carbocycles. The summed E-state index contributed by atoms with van der Waals surface area (Å²) in [6, 6.07) is 3.52. The van der Waals surface area contributed by atoms with Crippen LogP contribution in [0.5, 0.6) is 0 Å². The molecule has 0 aliphatic rings. The maximum atomic E-state index is 13.0. The molecule has 92 valence electrons. The van der Waals surface area contributed by atoms with Crippen LogP contribution in [0.3, 0.4) is 0 Å². The first-order valence-corrected chi connectivity index (χ1v) is 4.94. The van der Waals surface area contributed by atoms with Crippen LogP contribution in [0.2, 0.25) is 0 Å². The molecule has 0 aliphatic heterocycles. The summed E-state index contributed by atoms with van der Waals surface area (Å²) in [5, 5.41) is 2.38. The van der Waals surface area contributed by atoms with Gasteiger partial charge < -0.3 is 16.0 Å². The van der Waals surface area contributed by atoms with Crippen molar-refractivity contribution in [3.63, 3.8) is 0 Å². The van der Waals surface area contributed by atoms with Crippen LogP contribution < -0.4 is 11.1 Å². The quantitative estimate of drug-likeness (QED) is 0.741. The van der Waals surface area contributed by atoms with E-state index in [4.69, 9.17) is 5.73 Å². The molecule has 17 heavy (non-hydrogen) atoms. The highest BCUT2D eigenvalue weighted by atomic mass is 19.1. The molecule has 2 amide bonds. The third-order valence-electron chi connectivity index (χ3n) is 2.08. The summed E-state index contributed by atoms with van der Waals surface area (Å²) in [6.45, 7) is -0.137. The number of carbonyl (C=O) groups is 2. The molecule has 1 aromatic carbocycles. The largest absolute Gasteiger partial charge is 0.399 e. The molecule has 0 atom stereocenters. The first-order valence-electron chi connectivity index (χ1n) is 4.94. The normalized spacial score (nSPS) is 9.82. The molecule has 0 saturated heterocycles. The molecular weight excluding hydrogens is 225 g/mol. The third kappa shape index (κ3) is 3.75. The molecule has 0 aromatic heterocycles. The van der Waals surface area contributed by atoms with Crippen LogP contribution in [0.25, 0.3) is 0 Å². The number of likely N-dealkylation sites (N-methyl/N-ethyl adjacent to an activating group) is 1. The fourth-order valence-electron chi connectivity index (χ4n) is 1.16. The van der Waals surface area contributed by atoms with Gasteiger partial charge >= 0.3 is 0 Å². The van der Waals surface area contributed by atoms with Crippen molar-refractivity contribution in [2.45, 2.75) is 0 Å². The lowest BCUT2D eigenvalue weighted by molar-refractivity contribution is -0.127. The van der Waals surface area contributed by atoms with Gasteiger partial charge in [0, 0.05) is 25.3 Å². The van der Waals surface area contributed by atoms with Crippen LogP contribution in [-0.2, 0) is 4.79 Å². The topological polar surface area (TPSA) is 75.4 Å². The number of anilines is 1. The van der Waals surface area contributed by atoms with Gasteiger partial charge in [0.15, 0.2) is 0 Å². The van der Waals surface area contributed by atoms with Crippen molar-refractivity contribution in [2.75, 3.05) is 26.4 Å². The summed E-state index contributed by atoms with van der Waals surface area (Å²) >= 11 is 0. The van der Waals surface area contributed by atoms with Crippen molar-refractivity contribution in [2.24, 2.45) is 0 Å². The van der Waals surface area contributed by atoms with Crippen molar-refractivity contribution in [1.82, 2.24) is 10.2 Å². The summed E-state index contributed by atoms with van der Waals surface area (Å²) in [5.74, 6) is -1.37. The monoisotopic (exact) mass is 239 g/mol. The van der Waals surface area contributed by atoms with E-state index < -0.39 is 11.7 Å². The molecule has 0 fully saturated rings. The van der Waals surface area contributed by atoms with E-state index in [-0.39, 0.29) is 23.7 Å². The summed E-state index contributed by atoms with van der Waals surface area (Å²) < 4.78 is 13.0. The Bertz CT molecular complexity index is 426. The summed E-state index contributed by atoms with van der Waals surface area (Å²) in [4.78, 5) is 24.1. The Morgan fingerprint density at radius 1 is 1.35 bits per heavy atom. The maximum absolute atomic E-state index is 13.0. The van der Waals surface area contributed by atoms with Crippen molar-refractivity contribution >= 4 is 17.5 Å². The lowest BCUT2D eigenvalue weighted by Crippen LogP contribution is -2.36. The number of halogens is 1. The SMILES string of the molecule is CN(C)C(=O)CNC(=O)c1cc(N)cc(F)c1. The zero-order valence-corrected chi connectivity index (χ0v) is 9.66. The smallest absolute Gasteiger partial charge is 0.251 e. The van der Waals surface area contributed by atoms with E-state index in [0.717, 1.165) is 12.1 Å². The van der Waals surface area contributed by atoms with E-state index >= 15 is 0 Å². The predicted octanol–water partition coefficient (Wildman–Crippen LogP) is 0.226. The van der Waals surface area contributed by atoms with Crippen LogP contribution in [0.15, 0.2) is 18.2 Å². The minimum Gasteiger partial charge on any atom is -0.399 e. The van der Waals surface area contributed by atoms with E-state index in [1.165, 1.54) is 11.0 Å². The molecule has 1 aromatic rings. The molecule has 0 saturated carbocycles. The van der Waals surface area contributed by atoms with Crippen molar-refractivity contribution in [3.8, 4) is 0 Å². The van der Waals surface area contributed by atoms with Crippen LogP contribution in [0.1, 0.15) is 10.4 Å². The molecule has 1 rings (SSSR count). The summed E-state index contributed by atoms with van der Waals surface area (Å²) in [6.07, 6.45) is 0. The number of nitrogen functional groups attached to an aromatic ring is 1. The Morgan fingerprint density at radius 2 is 2.00 bits per heavy atom. The first kappa shape index (κ1) is 13.0. The Hall–Kier alpha value is -2.11. The number of rotatable bonds is 3. The molecular formula is C11H14FN3O2. The van der Waals surface area contributed by atoms with E-state index in [2.05, 4.69) is 5.32 Å². The molecule has 5 nitrogen and oxygen atoms in total. The molecule has 0 heterocycles. The van der Waals surface area contributed by atoms with Gasteiger partial charge in [-0.1, -0.05) is 0 Å². The Labute approximate surface area is 98.4 Å². The average Bonchev–Trinajstić information content (AvgIpc) is 2.23. The van der Waals surface area contributed by atoms with Gasteiger partial charge in [0.25, 0.3) is 5.91 Å². The highest BCUT2D eigenvalue weighted by molar-refractivity contribution is 5.97. The highest BCUT2D eigenvalue weighted by Gasteiger charge is 2.10. The van der Waals surface area contributed by atoms with E-state index in [1.807, 2.05) is 0 Å². The van der Waals surface area contributed by atoms with E-state index in [1.54, 1.807) is 14.1 Å². The van der Waals surface area contributed by atoms with Gasteiger partial charge in [-0.15, -0.1) is 0 Å². The van der Waals surface area contributed by atoms with Gasteiger partial charge in [-0.25, -0.2) is 4.39 Å². The predicted molar refractivity (Wildman–Crippen MR) is 61.8 cm³/mol. The minimum absolute atomic E-state index is 0.0917. The highest BCUT2D eigenvalue weighted by Crippen LogP contribution is 2.10. The van der Waals surface area contributed by atoms with Gasteiger partial charge in [0.1, 0.15) is 5.82 Å². The van der Waals surface area contributed by atoms with Crippen LogP contribution in [0.4, 0.5) is 10.1 Å². The fourth-order valence-corrected chi connectivity index (χ4v) is 1.16. The van der Waals surface area contributed by atoms with Gasteiger partial charge in [0.05, 0.1) is 6.54 Å². The number of amides is 2. The number of hydrogen-bond acceptors (Lipinski definition) is 3. The van der Waals surface area contributed by atoms with Gasteiger partial charge in [-0.3, -0.25) is 9.59 Å². The van der Waals surface area contributed by atoms with E-state index in [0.29, 0.717) is 0 Å². The Balaban J connectivity index is 2.67. The maximum Gasteiger partial charge on any atom is 0.251 e. The number of carbonyl (C=O) groups excluding carboxylic acids is 2. The lowest BCUT2D eigenvalue weighted by atomic mass is 10.2. The molecule has 6 heteroatoms. The second kappa shape index (κ2) is 5.29. The van der Waals surface area contributed by atoms with E-state index in [9.17, 15) is 14.0 Å². The van der Waals surface area contributed by atoms with Gasteiger partial charge in [0.2, 0.25) is 5.91 Å². The minimum atomic E-state index is -0.589. The second-order valence-corrected chi connectivity index (χ2v) is 3.74. The number of nitrogens with two attached hydrogens (primary N) is 1. The Morgan fingerprint density at radius 3 is 2.53 bits per heavy atom. The summed E-state index contributed by atoms with van der Waals surface area (Å²) in [7, 11) is 3.16. The van der Waals surface area contributed by atoms with Crippen LogP contribution in [-0.4, -0.2) is 37.4 Å². The van der Waals surface area contributed by atoms with Crippen molar-refractivity contribution in [1.29, 1.82) is 0 Å². The summed E-state index contributed by atoms with van der Waals surface area (Å²) in [5.41, 5.74) is 5.66. The number of nitrogens with zero attached hydrogens (tertiary/aromatic N) is 1. The standard InChI is InChI=1S/C11H14FN3O2/c1-15(2)10(16)6-14-11(17)7-3-8(12)5-9(13)4-7/h3-5H,6,13H2,1-2H3,(H,14,17). The molecule has 3 N–H and O–H groups in total. The zero-order chi connectivity index (χ0) is 13.0.